The molecule has 2 N–H and O–H groups in total. The van der Waals surface area contributed by atoms with E-state index >= 15 is 0 Å². The Balaban J connectivity index is 1.81. The van der Waals surface area contributed by atoms with Gasteiger partial charge in [-0.1, -0.05) is 24.3 Å². The number of phenols is 1. The Kier molecular flexibility index (Phi) is 3.91. The summed E-state index contributed by atoms with van der Waals surface area (Å²) in [6.45, 7) is 0. The summed E-state index contributed by atoms with van der Waals surface area (Å²) in [7, 11) is 0. The van der Waals surface area contributed by atoms with Crippen molar-refractivity contribution in [3.05, 3.63) is 83.7 Å². The van der Waals surface area contributed by atoms with E-state index in [2.05, 4.69) is 28.4 Å². The molecular formula is C23H17N3O3. The maximum absolute atomic E-state index is 11.6. The standard InChI is InChI=1S/C23H17N3O3/c27-22-10-8-15(12-18(22)23(28)29)26-20-9-7-14-4-1-2-5-16(14)17(20)13-21(26)19-6-3-11-24-25-19/h1-6,8,10-13,27H,7,9H2,(H,28,29). The van der Waals surface area contributed by atoms with Crippen LogP contribution in [0.2, 0.25) is 0 Å². The van der Waals surface area contributed by atoms with E-state index in [-0.39, 0.29) is 11.3 Å². The van der Waals surface area contributed by atoms with Crippen LogP contribution in [0.5, 0.6) is 5.75 Å². The Morgan fingerprint density at radius 3 is 2.62 bits per heavy atom. The summed E-state index contributed by atoms with van der Waals surface area (Å²) in [6.07, 6.45) is 3.34. The van der Waals surface area contributed by atoms with Crippen LogP contribution in [0.3, 0.4) is 0 Å². The summed E-state index contributed by atoms with van der Waals surface area (Å²) in [5.74, 6) is -1.43. The molecular weight excluding hydrogens is 366 g/mol. The molecule has 4 aromatic rings. The number of rotatable bonds is 3. The highest BCUT2D eigenvalue weighted by molar-refractivity contribution is 5.91. The Labute approximate surface area is 166 Å². The highest BCUT2D eigenvalue weighted by Gasteiger charge is 2.25. The molecule has 0 fully saturated rings. The van der Waals surface area contributed by atoms with Crippen LogP contribution in [0, 0.1) is 0 Å². The molecule has 2 heterocycles. The smallest absolute Gasteiger partial charge is 0.339 e. The molecule has 2 aromatic carbocycles. The molecule has 1 aliphatic rings. The summed E-state index contributed by atoms with van der Waals surface area (Å²) >= 11 is 0. The predicted molar refractivity (Wildman–Crippen MR) is 108 cm³/mol. The second-order valence-electron chi connectivity index (χ2n) is 7.00. The van der Waals surface area contributed by atoms with E-state index in [1.807, 2.05) is 28.8 Å². The second-order valence-corrected chi connectivity index (χ2v) is 7.00. The lowest BCUT2D eigenvalue weighted by molar-refractivity contribution is 0.0693. The zero-order valence-electron chi connectivity index (χ0n) is 15.4. The van der Waals surface area contributed by atoms with Gasteiger partial charge in [-0.3, -0.25) is 0 Å². The molecule has 0 unspecified atom stereocenters. The second kappa shape index (κ2) is 6.60. The summed E-state index contributed by atoms with van der Waals surface area (Å²) < 4.78 is 2.03. The van der Waals surface area contributed by atoms with Gasteiger partial charge in [-0.05, 0) is 60.4 Å². The van der Waals surface area contributed by atoms with Crippen molar-refractivity contribution >= 4 is 5.97 Å². The molecule has 0 atom stereocenters. The average molecular weight is 383 g/mol. The molecule has 1 aliphatic carbocycles. The Bertz CT molecular complexity index is 1250. The molecule has 6 nitrogen and oxygen atoms in total. The predicted octanol–water partition coefficient (Wildman–Crippen LogP) is 4.10. The van der Waals surface area contributed by atoms with E-state index in [1.165, 1.54) is 23.3 Å². The highest BCUT2D eigenvalue weighted by Crippen LogP contribution is 2.40. The van der Waals surface area contributed by atoms with Crippen molar-refractivity contribution in [2.24, 2.45) is 0 Å². The van der Waals surface area contributed by atoms with Crippen molar-refractivity contribution in [1.29, 1.82) is 0 Å². The first-order valence-electron chi connectivity index (χ1n) is 9.31. The molecule has 0 saturated carbocycles. The molecule has 0 spiro atoms. The normalized spacial score (nSPS) is 12.3. The summed E-state index contributed by atoms with van der Waals surface area (Å²) in [5.41, 5.74) is 6.73. The van der Waals surface area contributed by atoms with Crippen molar-refractivity contribution in [1.82, 2.24) is 14.8 Å². The lowest BCUT2D eigenvalue weighted by Crippen LogP contribution is -2.10. The SMILES string of the molecule is O=C(O)c1cc(-n2c(-c3cccnn3)cc3c2CCc2ccccc2-3)ccc1O. The fourth-order valence-electron chi connectivity index (χ4n) is 4.04. The van der Waals surface area contributed by atoms with Gasteiger partial charge >= 0.3 is 5.97 Å². The number of nitrogens with zero attached hydrogens (tertiary/aromatic N) is 3. The van der Waals surface area contributed by atoms with Crippen molar-refractivity contribution in [2.45, 2.75) is 12.8 Å². The van der Waals surface area contributed by atoms with E-state index < -0.39 is 5.97 Å². The molecule has 0 amide bonds. The number of aromatic nitrogens is 3. The zero-order chi connectivity index (χ0) is 20.0. The number of aromatic carboxylic acids is 1. The van der Waals surface area contributed by atoms with Gasteiger partial charge in [0.05, 0.1) is 5.69 Å². The minimum Gasteiger partial charge on any atom is -0.507 e. The van der Waals surface area contributed by atoms with E-state index in [0.717, 1.165) is 29.8 Å². The number of carboxylic acid groups (broad SMARTS) is 1. The molecule has 0 radical (unpaired) electrons. The number of fused-ring (bicyclic) bond motifs is 3. The fourth-order valence-corrected chi connectivity index (χ4v) is 4.04. The van der Waals surface area contributed by atoms with E-state index in [0.29, 0.717) is 11.4 Å². The van der Waals surface area contributed by atoms with Crippen molar-refractivity contribution in [3.8, 4) is 34.0 Å². The average Bonchev–Trinajstić information content (AvgIpc) is 3.15. The quantitative estimate of drug-likeness (QED) is 0.556. The molecule has 142 valence electrons. The van der Waals surface area contributed by atoms with Gasteiger partial charge < -0.3 is 14.8 Å². The third-order valence-electron chi connectivity index (χ3n) is 5.34. The first-order valence-corrected chi connectivity index (χ1v) is 9.31. The van der Waals surface area contributed by atoms with Gasteiger partial charge in [0, 0.05) is 23.1 Å². The van der Waals surface area contributed by atoms with Gasteiger partial charge in [-0.15, -0.1) is 5.10 Å². The van der Waals surface area contributed by atoms with Gasteiger partial charge in [0.15, 0.2) is 0 Å². The van der Waals surface area contributed by atoms with E-state index in [4.69, 9.17) is 0 Å². The number of hydrogen-bond donors (Lipinski definition) is 2. The number of aromatic hydroxyl groups is 1. The first-order chi connectivity index (χ1) is 14.1. The lowest BCUT2D eigenvalue weighted by atomic mass is 9.90. The first kappa shape index (κ1) is 17.2. The Hall–Kier alpha value is -3.93. The van der Waals surface area contributed by atoms with Crippen LogP contribution < -0.4 is 0 Å². The molecule has 29 heavy (non-hydrogen) atoms. The maximum Gasteiger partial charge on any atom is 0.339 e. The third-order valence-corrected chi connectivity index (χ3v) is 5.34. The maximum atomic E-state index is 11.6. The molecule has 6 heteroatoms. The number of carbonyl (C=O) groups is 1. The topological polar surface area (TPSA) is 88.2 Å². The zero-order valence-corrected chi connectivity index (χ0v) is 15.4. The van der Waals surface area contributed by atoms with Crippen LogP contribution in [-0.4, -0.2) is 30.9 Å². The summed E-state index contributed by atoms with van der Waals surface area (Å²) in [5, 5.41) is 27.7. The highest BCUT2D eigenvalue weighted by atomic mass is 16.4. The minimum atomic E-state index is -1.17. The molecule has 5 rings (SSSR count). The van der Waals surface area contributed by atoms with Crippen molar-refractivity contribution in [2.75, 3.05) is 0 Å². The third kappa shape index (κ3) is 2.77. The molecule has 0 aliphatic heterocycles. The van der Waals surface area contributed by atoms with Gasteiger partial charge in [0.1, 0.15) is 17.0 Å². The van der Waals surface area contributed by atoms with Crippen LogP contribution in [0.25, 0.3) is 28.2 Å². The van der Waals surface area contributed by atoms with Gasteiger partial charge in [0.2, 0.25) is 0 Å². The number of hydrogen-bond acceptors (Lipinski definition) is 4. The largest absolute Gasteiger partial charge is 0.507 e. The summed E-state index contributed by atoms with van der Waals surface area (Å²) in [6, 6.07) is 18.8. The molecule has 0 bridgehead atoms. The van der Waals surface area contributed by atoms with Crippen LogP contribution >= 0.6 is 0 Å². The van der Waals surface area contributed by atoms with Crippen LogP contribution in [0.1, 0.15) is 21.6 Å². The van der Waals surface area contributed by atoms with Crippen molar-refractivity contribution < 1.29 is 15.0 Å². The number of aryl methyl sites for hydroxylation is 1. The fraction of sp³-hybridized carbons (Fsp3) is 0.0870. The van der Waals surface area contributed by atoms with E-state index in [1.54, 1.807) is 12.3 Å². The summed E-state index contributed by atoms with van der Waals surface area (Å²) in [4.78, 5) is 11.6. The van der Waals surface area contributed by atoms with Crippen molar-refractivity contribution in [3.63, 3.8) is 0 Å². The van der Waals surface area contributed by atoms with E-state index in [9.17, 15) is 15.0 Å². The van der Waals surface area contributed by atoms with Gasteiger partial charge in [0.25, 0.3) is 0 Å². The van der Waals surface area contributed by atoms with Crippen LogP contribution in [0.15, 0.2) is 66.9 Å². The minimum absolute atomic E-state index is 0.133. The lowest BCUT2D eigenvalue weighted by Gasteiger charge is -2.20. The molecule has 2 aromatic heterocycles. The monoisotopic (exact) mass is 383 g/mol. The van der Waals surface area contributed by atoms with Crippen LogP contribution in [0.4, 0.5) is 0 Å². The number of carboxylic acids is 1. The van der Waals surface area contributed by atoms with Crippen LogP contribution in [-0.2, 0) is 12.8 Å². The molecule has 0 saturated heterocycles. The Morgan fingerprint density at radius 1 is 0.966 bits per heavy atom. The van der Waals surface area contributed by atoms with Gasteiger partial charge in [-0.2, -0.15) is 5.10 Å². The van der Waals surface area contributed by atoms with Gasteiger partial charge in [-0.25, -0.2) is 4.79 Å². The Morgan fingerprint density at radius 2 is 1.83 bits per heavy atom. The number of benzene rings is 2.